The number of nitrogens with one attached hydrogen (secondary N) is 1. The van der Waals surface area contributed by atoms with E-state index >= 15 is 0 Å². The minimum atomic E-state index is -0.644. The lowest BCUT2D eigenvalue weighted by molar-refractivity contribution is 0.00421. The smallest absolute Gasteiger partial charge is 0.259 e. The number of aromatic amines is 1. The number of aliphatic hydroxyl groups excluding tert-OH is 1. The molecule has 0 saturated heterocycles. The lowest BCUT2D eigenvalue weighted by atomic mass is 9.89. The Balaban J connectivity index is 1.52. The molecule has 0 saturated carbocycles. The first-order valence-electron chi connectivity index (χ1n) is 11.4. The monoisotopic (exact) mass is 459 g/mol. The summed E-state index contributed by atoms with van der Waals surface area (Å²) >= 11 is 1.65. The van der Waals surface area contributed by atoms with Gasteiger partial charge in [0, 0.05) is 18.0 Å². The number of furan rings is 1. The number of aryl methyl sites for hydroxylation is 1. The average Bonchev–Trinajstić information content (AvgIpc) is 3.34. The fourth-order valence-corrected chi connectivity index (χ4v) is 5.68. The van der Waals surface area contributed by atoms with Gasteiger partial charge in [0.25, 0.3) is 5.56 Å². The third-order valence-electron chi connectivity index (χ3n) is 5.78. The van der Waals surface area contributed by atoms with E-state index in [0.717, 1.165) is 35.2 Å². The predicted molar refractivity (Wildman–Crippen MR) is 126 cm³/mol. The second-order valence-electron chi connectivity index (χ2n) is 9.38. The van der Waals surface area contributed by atoms with Gasteiger partial charge in [0.15, 0.2) is 0 Å². The van der Waals surface area contributed by atoms with Gasteiger partial charge in [-0.05, 0) is 48.8 Å². The van der Waals surface area contributed by atoms with Gasteiger partial charge in [-0.3, -0.25) is 9.69 Å². The number of aromatic nitrogens is 2. The molecule has 3 aromatic heterocycles. The molecule has 2 atom stereocenters. The van der Waals surface area contributed by atoms with Crippen molar-refractivity contribution in [3.05, 3.63) is 50.8 Å². The summed E-state index contributed by atoms with van der Waals surface area (Å²) in [6.45, 7) is 8.61. The van der Waals surface area contributed by atoms with Gasteiger partial charge in [-0.15, -0.1) is 11.3 Å². The van der Waals surface area contributed by atoms with Crippen LogP contribution in [0.5, 0.6) is 0 Å². The van der Waals surface area contributed by atoms with Crippen LogP contribution in [0.4, 0.5) is 0 Å². The Morgan fingerprint density at radius 3 is 2.97 bits per heavy atom. The first-order valence-corrected chi connectivity index (χ1v) is 12.2. The molecule has 32 heavy (non-hydrogen) atoms. The number of hydrogen-bond donors (Lipinski definition) is 2. The summed E-state index contributed by atoms with van der Waals surface area (Å²) in [7, 11) is 0. The van der Waals surface area contributed by atoms with Crippen molar-refractivity contribution in [2.75, 3.05) is 19.8 Å². The number of ether oxygens (including phenoxy) is 1. The molecule has 0 bridgehead atoms. The Kier molecular flexibility index (Phi) is 7.45. The van der Waals surface area contributed by atoms with Crippen molar-refractivity contribution in [1.29, 1.82) is 0 Å². The van der Waals surface area contributed by atoms with E-state index in [-0.39, 0.29) is 12.2 Å². The molecule has 1 aliphatic rings. The number of aliphatic hydroxyl groups is 1. The van der Waals surface area contributed by atoms with E-state index in [1.165, 1.54) is 10.4 Å². The van der Waals surface area contributed by atoms with Crippen molar-refractivity contribution in [1.82, 2.24) is 14.9 Å². The highest BCUT2D eigenvalue weighted by Crippen LogP contribution is 2.35. The summed E-state index contributed by atoms with van der Waals surface area (Å²) in [4.78, 5) is 24.9. The van der Waals surface area contributed by atoms with Crippen molar-refractivity contribution in [3.63, 3.8) is 0 Å². The van der Waals surface area contributed by atoms with Crippen molar-refractivity contribution in [3.8, 4) is 0 Å². The van der Waals surface area contributed by atoms with Gasteiger partial charge in [0.2, 0.25) is 0 Å². The van der Waals surface area contributed by atoms with Crippen LogP contribution in [0.1, 0.15) is 49.2 Å². The largest absolute Gasteiger partial charge is 0.468 e. The molecule has 0 radical (unpaired) electrons. The summed E-state index contributed by atoms with van der Waals surface area (Å²) < 4.78 is 11.1. The van der Waals surface area contributed by atoms with E-state index in [0.29, 0.717) is 43.9 Å². The van der Waals surface area contributed by atoms with Crippen LogP contribution in [0.15, 0.2) is 27.6 Å². The van der Waals surface area contributed by atoms with Gasteiger partial charge in [0.1, 0.15) is 16.4 Å². The van der Waals surface area contributed by atoms with Crippen molar-refractivity contribution in [2.45, 2.75) is 59.2 Å². The molecular formula is C24H33N3O4S. The van der Waals surface area contributed by atoms with Crippen LogP contribution in [-0.4, -0.2) is 45.8 Å². The maximum absolute atomic E-state index is 12.9. The minimum Gasteiger partial charge on any atom is -0.468 e. The van der Waals surface area contributed by atoms with Crippen LogP contribution in [0.2, 0.25) is 0 Å². The quantitative estimate of drug-likeness (QED) is 0.480. The summed E-state index contributed by atoms with van der Waals surface area (Å²) in [5, 5.41) is 11.3. The maximum Gasteiger partial charge on any atom is 0.259 e. The minimum absolute atomic E-state index is 0.0594. The van der Waals surface area contributed by atoms with E-state index in [2.05, 4.69) is 25.8 Å². The lowest BCUT2D eigenvalue weighted by Gasteiger charge is -2.24. The van der Waals surface area contributed by atoms with Crippen molar-refractivity contribution < 1.29 is 14.3 Å². The van der Waals surface area contributed by atoms with Crippen molar-refractivity contribution >= 4 is 21.6 Å². The topological polar surface area (TPSA) is 91.6 Å². The summed E-state index contributed by atoms with van der Waals surface area (Å²) in [5.41, 5.74) is 1.13. The second kappa shape index (κ2) is 10.3. The zero-order chi connectivity index (χ0) is 22.7. The third-order valence-corrected chi connectivity index (χ3v) is 6.93. The molecule has 8 heteroatoms. The molecular weight excluding hydrogens is 426 g/mol. The van der Waals surface area contributed by atoms with Gasteiger partial charge in [-0.25, -0.2) is 4.98 Å². The molecule has 7 nitrogen and oxygen atoms in total. The van der Waals surface area contributed by atoms with E-state index < -0.39 is 6.10 Å². The molecule has 4 rings (SSSR count). The fraction of sp³-hybridized carbons (Fsp3) is 0.583. The standard InChI is InChI=1S/C24H33N3O4S/c1-15(2)13-30-14-17(28)10-27(11-18-5-4-8-31-18)12-21-25-23(29)22-19-7-6-16(3)9-20(19)32-24(22)26-21/h4-5,8,15-17,28H,6-7,9-14H2,1-3H3,(H,25,26,29)/t16-,17+/m1/s1. The summed E-state index contributed by atoms with van der Waals surface area (Å²) in [6, 6.07) is 3.75. The zero-order valence-corrected chi connectivity index (χ0v) is 19.9. The highest BCUT2D eigenvalue weighted by atomic mass is 32.1. The van der Waals surface area contributed by atoms with Gasteiger partial charge in [-0.2, -0.15) is 0 Å². The molecule has 174 valence electrons. The Bertz CT molecular complexity index is 1070. The van der Waals surface area contributed by atoms with Gasteiger partial charge in [0.05, 0.1) is 37.4 Å². The van der Waals surface area contributed by atoms with Crippen LogP contribution in [0.25, 0.3) is 10.2 Å². The Hall–Kier alpha value is -2.00. The first kappa shape index (κ1) is 23.2. The number of nitrogens with zero attached hydrogens (tertiary/aromatic N) is 2. The Morgan fingerprint density at radius 1 is 1.38 bits per heavy atom. The molecule has 0 aliphatic heterocycles. The van der Waals surface area contributed by atoms with E-state index in [4.69, 9.17) is 14.1 Å². The summed E-state index contributed by atoms with van der Waals surface area (Å²) in [6.07, 6.45) is 4.09. The van der Waals surface area contributed by atoms with E-state index in [1.807, 2.05) is 17.0 Å². The molecule has 0 spiro atoms. The fourth-order valence-electron chi connectivity index (χ4n) is 4.28. The van der Waals surface area contributed by atoms with Crippen LogP contribution < -0.4 is 5.56 Å². The highest BCUT2D eigenvalue weighted by Gasteiger charge is 2.24. The number of thiophene rings is 1. The molecule has 3 heterocycles. The lowest BCUT2D eigenvalue weighted by Crippen LogP contribution is -2.35. The summed E-state index contributed by atoms with van der Waals surface area (Å²) in [5.74, 6) is 2.47. The van der Waals surface area contributed by atoms with Gasteiger partial charge >= 0.3 is 0 Å². The number of rotatable bonds is 10. The molecule has 2 N–H and O–H groups in total. The van der Waals surface area contributed by atoms with Crippen LogP contribution in [-0.2, 0) is 30.7 Å². The van der Waals surface area contributed by atoms with Gasteiger partial charge < -0.3 is 19.2 Å². The van der Waals surface area contributed by atoms with E-state index in [1.54, 1.807) is 17.6 Å². The SMILES string of the molecule is CC(C)COC[C@@H](O)CN(Cc1nc2sc3c(c2c(=O)[nH]1)CC[C@@H](C)C3)Cc1ccco1. The van der Waals surface area contributed by atoms with Crippen LogP contribution in [0, 0.1) is 11.8 Å². The van der Waals surface area contributed by atoms with Crippen LogP contribution >= 0.6 is 11.3 Å². The van der Waals surface area contributed by atoms with Crippen molar-refractivity contribution in [2.24, 2.45) is 11.8 Å². The van der Waals surface area contributed by atoms with E-state index in [9.17, 15) is 9.90 Å². The first-order chi connectivity index (χ1) is 15.4. The zero-order valence-electron chi connectivity index (χ0n) is 19.1. The molecule has 0 aromatic carbocycles. The predicted octanol–water partition coefficient (Wildman–Crippen LogP) is 3.74. The highest BCUT2D eigenvalue weighted by molar-refractivity contribution is 7.18. The Labute approximate surface area is 192 Å². The maximum atomic E-state index is 12.9. The number of fused-ring (bicyclic) bond motifs is 3. The molecule has 0 fully saturated rings. The molecule has 0 unspecified atom stereocenters. The normalized spacial score (nSPS) is 17.4. The second-order valence-corrected chi connectivity index (χ2v) is 10.5. The van der Waals surface area contributed by atoms with Crippen LogP contribution in [0.3, 0.4) is 0 Å². The third kappa shape index (κ3) is 5.67. The average molecular weight is 460 g/mol. The Morgan fingerprint density at radius 2 is 2.22 bits per heavy atom. The molecule has 1 aliphatic carbocycles. The number of hydrogen-bond acceptors (Lipinski definition) is 7. The molecule has 0 amide bonds. The molecule has 3 aromatic rings. The van der Waals surface area contributed by atoms with Gasteiger partial charge in [-0.1, -0.05) is 20.8 Å². The number of H-pyrrole nitrogens is 1.